The van der Waals surface area contributed by atoms with E-state index in [0.717, 1.165) is 7.05 Å². The van der Waals surface area contributed by atoms with Crippen LogP contribution in [-0.4, -0.2) is 25.5 Å². The fourth-order valence-electron chi connectivity index (χ4n) is 2.67. The Bertz CT molecular complexity index is 1140. The van der Waals surface area contributed by atoms with Gasteiger partial charge in [0, 0.05) is 25.4 Å². The van der Waals surface area contributed by atoms with Gasteiger partial charge in [-0.3, -0.25) is 9.48 Å². The number of anilines is 1. The largest absolute Gasteiger partial charge is 0.435 e. The smallest absolute Gasteiger partial charge is 0.319 e. The van der Waals surface area contributed by atoms with Gasteiger partial charge in [-0.05, 0) is 0 Å². The molecule has 1 aromatic carbocycles. The number of rotatable bonds is 3. The molecule has 0 bridgehead atoms. The van der Waals surface area contributed by atoms with E-state index >= 15 is 0 Å². The maximum Gasteiger partial charge on any atom is 0.435 e. The maximum absolute atomic E-state index is 14.0. The first kappa shape index (κ1) is 22.2. The summed E-state index contributed by atoms with van der Waals surface area (Å²) >= 11 is 0. The molecular weight excluding hydrogens is 449 g/mol. The number of carbonyl (C=O) groups excluding carboxylic acids is 1. The van der Waals surface area contributed by atoms with Crippen LogP contribution in [0.15, 0.2) is 24.5 Å². The minimum absolute atomic E-state index is 0.101. The second kappa shape index (κ2) is 7.31. The van der Waals surface area contributed by atoms with Crippen LogP contribution >= 0.6 is 0 Å². The van der Waals surface area contributed by atoms with Crippen molar-refractivity contribution in [3.05, 3.63) is 58.9 Å². The Morgan fingerprint density at radius 3 is 2.10 bits per heavy atom. The van der Waals surface area contributed by atoms with E-state index in [4.69, 9.17) is 0 Å². The number of nitrogens with one attached hydrogen (secondary N) is 1. The third-order valence-electron chi connectivity index (χ3n) is 3.82. The monoisotopic (exact) mass is 457 g/mol. The number of hydrogen-bond donors (Lipinski definition) is 1. The highest BCUT2D eigenvalue weighted by Crippen LogP contribution is 2.38. The van der Waals surface area contributed by atoms with Crippen LogP contribution in [0.5, 0.6) is 0 Å². The van der Waals surface area contributed by atoms with Crippen molar-refractivity contribution in [2.45, 2.75) is 12.4 Å². The van der Waals surface area contributed by atoms with Gasteiger partial charge in [-0.25, -0.2) is 17.9 Å². The molecular formula is C16H8F9N5O. The zero-order chi connectivity index (χ0) is 23.3. The number of hydrogen-bond acceptors (Lipinski definition) is 3. The molecule has 0 aliphatic heterocycles. The van der Waals surface area contributed by atoms with E-state index < -0.39 is 64.0 Å². The van der Waals surface area contributed by atoms with E-state index in [2.05, 4.69) is 10.2 Å². The number of benzene rings is 1. The lowest BCUT2D eigenvalue weighted by atomic mass is 10.2. The van der Waals surface area contributed by atoms with Gasteiger partial charge in [0.25, 0.3) is 5.91 Å². The second-order valence-electron chi connectivity index (χ2n) is 6.05. The fourth-order valence-corrected chi connectivity index (χ4v) is 2.67. The summed E-state index contributed by atoms with van der Waals surface area (Å²) in [6.45, 7) is 0. The maximum atomic E-state index is 14.0. The van der Waals surface area contributed by atoms with E-state index in [1.165, 1.54) is 0 Å². The number of amides is 1. The first-order chi connectivity index (χ1) is 14.2. The van der Waals surface area contributed by atoms with Gasteiger partial charge in [-0.1, -0.05) is 0 Å². The van der Waals surface area contributed by atoms with E-state index in [1.54, 1.807) is 5.32 Å². The Balaban J connectivity index is 2.10. The van der Waals surface area contributed by atoms with Gasteiger partial charge in [0.1, 0.15) is 11.5 Å². The van der Waals surface area contributed by atoms with Crippen molar-refractivity contribution in [3.8, 4) is 5.69 Å². The van der Waals surface area contributed by atoms with Gasteiger partial charge >= 0.3 is 12.4 Å². The minimum Gasteiger partial charge on any atom is -0.319 e. The van der Waals surface area contributed by atoms with Crippen molar-refractivity contribution in [2.75, 3.05) is 5.32 Å². The second-order valence-corrected chi connectivity index (χ2v) is 6.05. The van der Waals surface area contributed by atoms with Crippen molar-refractivity contribution in [1.82, 2.24) is 19.6 Å². The topological polar surface area (TPSA) is 64.7 Å². The molecule has 0 saturated carbocycles. The Morgan fingerprint density at radius 1 is 1.00 bits per heavy atom. The number of aromatic nitrogens is 4. The Morgan fingerprint density at radius 2 is 1.58 bits per heavy atom. The van der Waals surface area contributed by atoms with Crippen LogP contribution in [0.4, 0.5) is 45.2 Å². The standard InChI is InChI=1S/C16H8F9N5O/c1-29-5-7(12(28-29)15(20,21)22)14(31)27-10-4-26-30(13(10)16(23,24)25)11-8(18)2-6(17)3-9(11)19/h2-5H,1H3,(H,27,31). The lowest BCUT2D eigenvalue weighted by Gasteiger charge is -2.14. The van der Waals surface area contributed by atoms with Crippen LogP contribution in [0.25, 0.3) is 5.69 Å². The normalized spacial score (nSPS) is 12.3. The van der Waals surface area contributed by atoms with Gasteiger partial charge in [-0.15, -0.1) is 0 Å². The van der Waals surface area contributed by atoms with Gasteiger partial charge in [0.2, 0.25) is 0 Å². The molecule has 2 aromatic heterocycles. The average Bonchev–Trinajstić information content (AvgIpc) is 3.17. The van der Waals surface area contributed by atoms with Crippen molar-refractivity contribution < 1.29 is 44.3 Å². The van der Waals surface area contributed by atoms with E-state index in [1.807, 2.05) is 0 Å². The summed E-state index contributed by atoms with van der Waals surface area (Å²) in [5, 5.41) is 7.80. The van der Waals surface area contributed by atoms with Crippen molar-refractivity contribution >= 4 is 11.6 Å². The third kappa shape index (κ3) is 4.20. The molecule has 3 rings (SSSR count). The minimum atomic E-state index is -5.38. The predicted molar refractivity (Wildman–Crippen MR) is 84.6 cm³/mol. The molecule has 0 aliphatic rings. The number of aryl methyl sites for hydroxylation is 1. The Labute approximate surface area is 165 Å². The van der Waals surface area contributed by atoms with Crippen LogP contribution in [0, 0.1) is 17.5 Å². The zero-order valence-corrected chi connectivity index (χ0v) is 14.9. The molecule has 0 fully saturated rings. The molecule has 0 unspecified atom stereocenters. The van der Waals surface area contributed by atoms with E-state index in [9.17, 15) is 44.3 Å². The lowest BCUT2D eigenvalue weighted by molar-refractivity contribution is -0.143. The number of halogens is 9. The molecule has 31 heavy (non-hydrogen) atoms. The zero-order valence-electron chi connectivity index (χ0n) is 14.9. The summed E-state index contributed by atoms with van der Waals surface area (Å²) in [6.07, 6.45) is -9.53. The van der Waals surface area contributed by atoms with Crippen LogP contribution in [0.3, 0.4) is 0 Å². The van der Waals surface area contributed by atoms with Crippen molar-refractivity contribution in [3.63, 3.8) is 0 Å². The van der Waals surface area contributed by atoms with Crippen LogP contribution in [0.1, 0.15) is 21.7 Å². The molecule has 0 aliphatic carbocycles. The fraction of sp³-hybridized carbons (Fsp3) is 0.188. The molecule has 0 saturated heterocycles. The van der Waals surface area contributed by atoms with Crippen molar-refractivity contribution in [2.24, 2.45) is 7.05 Å². The summed E-state index contributed by atoms with van der Waals surface area (Å²) in [5.41, 5.74) is -7.29. The average molecular weight is 457 g/mol. The predicted octanol–water partition coefficient (Wildman–Crippen LogP) is 4.31. The molecule has 6 nitrogen and oxygen atoms in total. The van der Waals surface area contributed by atoms with Crippen LogP contribution in [-0.2, 0) is 19.4 Å². The highest BCUT2D eigenvalue weighted by molar-refractivity contribution is 6.05. The van der Waals surface area contributed by atoms with Gasteiger partial charge in [0.15, 0.2) is 23.0 Å². The first-order valence-electron chi connectivity index (χ1n) is 7.92. The summed E-state index contributed by atoms with van der Waals surface area (Å²) < 4.78 is 121. The molecule has 166 valence electrons. The molecule has 1 amide bonds. The molecule has 2 heterocycles. The summed E-state index contributed by atoms with van der Waals surface area (Å²) in [4.78, 5) is 12.2. The number of alkyl halides is 6. The molecule has 0 radical (unpaired) electrons. The van der Waals surface area contributed by atoms with E-state index in [-0.39, 0.29) is 16.8 Å². The summed E-state index contributed by atoms with van der Waals surface area (Å²) in [5.74, 6) is -6.53. The number of carbonyl (C=O) groups is 1. The van der Waals surface area contributed by atoms with Gasteiger partial charge in [-0.2, -0.15) is 36.5 Å². The molecule has 1 N–H and O–H groups in total. The molecule has 15 heteroatoms. The SMILES string of the molecule is Cn1cc(C(=O)Nc2cnn(-c3c(F)cc(F)cc3F)c2C(F)(F)F)c(C(F)(F)F)n1. The first-order valence-corrected chi connectivity index (χ1v) is 7.92. The van der Waals surface area contributed by atoms with Gasteiger partial charge in [0.05, 0.1) is 17.4 Å². The van der Waals surface area contributed by atoms with E-state index in [0.29, 0.717) is 17.1 Å². The quantitative estimate of drug-likeness (QED) is 0.597. The molecule has 3 aromatic rings. The highest BCUT2D eigenvalue weighted by Gasteiger charge is 2.42. The van der Waals surface area contributed by atoms with Gasteiger partial charge < -0.3 is 5.32 Å². The summed E-state index contributed by atoms with van der Waals surface area (Å²) in [6, 6.07) is 0.202. The number of nitrogens with zero attached hydrogens (tertiary/aromatic N) is 4. The lowest BCUT2D eigenvalue weighted by Crippen LogP contribution is -2.21. The molecule has 0 atom stereocenters. The molecule has 0 spiro atoms. The summed E-state index contributed by atoms with van der Waals surface area (Å²) in [7, 11) is 1.05. The van der Waals surface area contributed by atoms with Crippen LogP contribution < -0.4 is 5.32 Å². The third-order valence-corrected chi connectivity index (χ3v) is 3.82. The van der Waals surface area contributed by atoms with Crippen molar-refractivity contribution in [1.29, 1.82) is 0 Å². The Hall–Kier alpha value is -3.52. The van der Waals surface area contributed by atoms with Crippen LogP contribution in [0.2, 0.25) is 0 Å². The Kier molecular flexibility index (Phi) is 5.23. The highest BCUT2D eigenvalue weighted by atomic mass is 19.4.